The maximum Gasteiger partial charge on any atom is 0.412 e. The number of hydrogen-bond donors (Lipinski definition) is 2. The summed E-state index contributed by atoms with van der Waals surface area (Å²) in [6.07, 6.45) is -0.772. The first-order chi connectivity index (χ1) is 11.4. The van der Waals surface area contributed by atoms with Crippen LogP contribution in [0.15, 0.2) is 28.7 Å². The Bertz CT molecular complexity index is 931. The minimum Gasteiger partial charge on any atom is -0.465 e. The Morgan fingerprint density at radius 3 is 2.50 bits per heavy atom. The maximum absolute atomic E-state index is 14.3. The number of aromatic nitrogens is 2. The van der Waals surface area contributed by atoms with Crippen LogP contribution in [0.4, 0.5) is 24.5 Å². The van der Waals surface area contributed by atoms with Gasteiger partial charge in [-0.3, -0.25) is 0 Å². The topological polar surface area (TPSA) is 71.2 Å². The molecule has 0 aliphatic heterocycles. The Kier molecular flexibility index (Phi) is 4.35. The Hall–Kier alpha value is -2.30. The van der Waals surface area contributed by atoms with Gasteiger partial charge in [0.25, 0.3) is 5.89 Å². The van der Waals surface area contributed by atoms with Crippen LogP contribution in [0.2, 0.25) is 0 Å². The Balaban J connectivity index is 2.16. The number of nitrogens with one attached hydrogen (secondary N) is 1. The molecule has 2 aromatic carbocycles. The lowest BCUT2D eigenvalue weighted by Crippen LogP contribution is -2.03. The van der Waals surface area contributed by atoms with E-state index >= 15 is 0 Å². The van der Waals surface area contributed by atoms with E-state index in [0.29, 0.717) is 5.69 Å². The average Bonchev–Trinajstić information content (AvgIpc) is 2.96. The standard InChI is InChI=1S/C15H9F3IN3O2/c1-6-4-7(19)2-3-10(6)20-13-8(14-21-22-15(23)24-14)5-9(16)11(17)12(13)18/h2-5,20H,1H3,(H,22,23). The molecule has 3 aromatic rings. The van der Waals surface area contributed by atoms with Gasteiger partial charge >= 0.3 is 6.08 Å². The van der Waals surface area contributed by atoms with Gasteiger partial charge in [-0.1, -0.05) is 5.10 Å². The van der Waals surface area contributed by atoms with Gasteiger partial charge < -0.3 is 14.8 Å². The summed E-state index contributed by atoms with van der Waals surface area (Å²) in [7, 11) is 0. The molecule has 24 heavy (non-hydrogen) atoms. The summed E-state index contributed by atoms with van der Waals surface area (Å²) in [5, 5.41) is 18.6. The van der Waals surface area contributed by atoms with E-state index in [0.717, 1.165) is 15.2 Å². The molecule has 5 nitrogen and oxygen atoms in total. The molecular weight excluding hydrogens is 438 g/mol. The average molecular weight is 447 g/mol. The molecule has 3 rings (SSSR count). The summed E-state index contributed by atoms with van der Waals surface area (Å²) in [6.45, 7) is 1.78. The second-order valence-electron chi connectivity index (χ2n) is 4.88. The third-order valence-corrected chi connectivity index (χ3v) is 3.93. The zero-order chi connectivity index (χ0) is 17.4. The smallest absolute Gasteiger partial charge is 0.412 e. The van der Waals surface area contributed by atoms with Crippen molar-refractivity contribution in [2.45, 2.75) is 6.92 Å². The maximum atomic E-state index is 14.3. The highest BCUT2D eigenvalue weighted by Crippen LogP contribution is 2.36. The zero-order valence-electron chi connectivity index (χ0n) is 12.1. The minimum atomic E-state index is -1.63. The van der Waals surface area contributed by atoms with Crippen LogP contribution in [0.3, 0.4) is 0 Å². The first-order valence-corrected chi connectivity index (χ1v) is 7.68. The van der Waals surface area contributed by atoms with E-state index in [-0.39, 0.29) is 17.1 Å². The van der Waals surface area contributed by atoms with Crippen molar-refractivity contribution in [1.29, 1.82) is 0 Å². The molecule has 1 aromatic heterocycles. The monoisotopic (exact) mass is 447 g/mol. The lowest BCUT2D eigenvalue weighted by atomic mass is 10.1. The lowest BCUT2D eigenvalue weighted by molar-refractivity contribution is 0.320. The normalized spacial score (nSPS) is 10.9. The number of halogens is 4. The molecule has 2 N–H and O–H groups in total. The second kappa shape index (κ2) is 6.30. The van der Waals surface area contributed by atoms with Crippen molar-refractivity contribution in [3.63, 3.8) is 0 Å². The van der Waals surface area contributed by atoms with Crippen molar-refractivity contribution in [3.05, 3.63) is 50.9 Å². The largest absolute Gasteiger partial charge is 0.465 e. The molecule has 9 heteroatoms. The summed E-state index contributed by atoms with van der Waals surface area (Å²) >= 11 is 2.12. The van der Waals surface area contributed by atoms with E-state index in [1.54, 1.807) is 19.1 Å². The lowest BCUT2D eigenvalue weighted by Gasteiger charge is -2.14. The van der Waals surface area contributed by atoms with Gasteiger partial charge in [0.15, 0.2) is 17.5 Å². The first kappa shape index (κ1) is 16.6. The molecular formula is C15H9F3IN3O2. The van der Waals surface area contributed by atoms with Crippen LogP contribution in [0.25, 0.3) is 11.5 Å². The number of nitrogens with zero attached hydrogens (tertiary/aromatic N) is 2. The van der Waals surface area contributed by atoms with Gasteiger partial charge in [-0.05, 0) is 59.3 Å². The molecule has 0 aliphatic carbocycles. The van der Waals surface area contributed by atoms with E-state index in [2.05, 4.69) is 38.1 Å². The molecule has 1 heterocycles. The number of benzene rings is 2. The SMILES string of the molecule is Cc1cc(I)ccc1Nc1c(-c2nnc(O)o2)cc(F)c(F)c1F. The molecule has 124 valence electrons. The van der Waals surface area contributed by atoms with Crippen molar-refractivity contribution >= 4 is 34.0 Å². The molecule has 0 amide bonds. The molecule has 0 fully saturated rings. The molecule has 0 saturated carbocycles. The third-order valence-electron chi connectivity index (χ3n) is 3.26. The van der Waals surface area contributed by atoms with E-state index in [1.807, 2.05) is 6.07 Å². The number of anilines is 2. The van der Waals surface area contributed by atoms with Gasteiger partial charge in [0.05, 0.1) is 11.3 Å². The third kappa shape index (κ3) is 3.03. The predicted octanol–water partition coefficient (Wildman–Crippen LogP) is 4.52. The summed E-state index contributed by atoms with van der Waals surface area (Å²) in [5.74, 6) is -4.82. The van der Waals surface area contributed by atoms with Crippen LogP contribution >= 0.6 is 22.6 Å². The molecule has 0 aliphatic rings. The molecule has 0 saturated heterocycles. The highest BCUT2D eigenvalue weighted by Gasteiger charge is 2.23. The molecule has 0 atom stereocenters. The van der Waals surface area contributed by atoms with Crippen LogP contribution in [0, 0.1) is 27.9 Å². The van der Waals surface area contributed by atoms with E-state index in [4.69, 9.17) is 9.52 Å². The summed E-state index contributed by atoms with van der Waals surface area (Å²) in [6, 6.07) is 5.99. The van der Waals surface area contributed by atoms with Crippen LogP contribution < -0.4 is 5.32 Å². The summed E-state index contributed by atoms with van der Waals surface area (Å²) < 4.78 is 47.3. The van der Waals surface area contributed by atoms with Gasteiger partial charge in [0.1, 0.15) is 0 Å². The number of hydrogen-bond acceptors (Lipinski definition) is 5. The van der Waals surface area contributed by atoms with Crippen molar-refractivity contribution in [2.24, 2.45) is 0 Å². The number of aromatic hydroxyl groups is 1. The minimum absolute atomic E-state index is 0.211. The highest BCUT2D eigenvalue weighted by atomic mass is 127. The Morgan fingerprint density at radius 2 is 1.88 bits per heavy atom. The Labute approximate surface area is 147 Å². The highest BCUT2D eigenvalue weighted by molar-refractivity contribution is 14.1. The summed E-state index contributed by atoms with van der Waals surface area (Å²) in [4.78, 5) is 0. The summed E-state index contributed by atoms with van der Waals surface area (Å²) in [5.41, 5.74) is 0.676. The van der Waals surface area contributed by atoms with Crippen LogP contribution in [0.5, 0.6) is 6.08 Å². The number of rotatable bonds is 3. The van der Waals surface area contributed by atoms with Crippen molar-refractivity contribution in [1.82, 2.24) is 10.2 Å². The second-order valence-corrected chi connectivity index (χ2v) is 6.13. The van der Waals surface area contributed by atoms with Crippen LogP contribution in [-0.2, 0) is 0 Å². The van der Waals surface area contributed by atoms with Crippen LogP contribution in [0.1, 0.15) is 5.56 Å². The molecule has 0 spiro atoms. The van der Waals surface area contributed by atoms with E-state index < -0.39 is 23.5 Å². The quantitative estimate of drug-likeness (QED) is 0.457. The molecule has 0 bridgehead atoms. The molecule has 0 unspecified atom stereocenters. The zero-order valence-corrected chi connectivity index (χ0v) is 14.2. The van der Waals surface area contributed by atoms with Gasteiger partial charge in [-0.25, -0.2) is 13.2 Å². The fraction of sp³-hybridized carbons (Fsp3) is 0.0667. The molecule has 0 radical (unpaired) electrons. The predicted molar refractivity (Wildman–Crippen MR) is 88.5 cm³/mol. The van der Waals surface area contributed by atoms with Gasteiger partial charge in [-0.15, -0.1) is 5.10 Å². The first-order valence-electron chi connectivity index (χ1n) is 6.60. The van der Waals surface area contributed by atoms with E-state index in [9.17, 15) is 13.2 Å². The van der Waals surface area contributed by atoms with Crippen molar-refractivity contribution < 1.29 is 22.7 Å². The number of aryl methyl sites for hydroxylation is 1. The van der Waals surface area contributed by atoms with Crippen molar-refractivity contribution in [3.8, 4) is 17.5 Å². The van der Waals surface area contributed by atoms with Gasteiger partial charge in [0.2, 0.25) is 0 Å². The van der Waals surface area contributed by atoms with Crippen molar-refractivity contribution in [2.75, 3.05) is 5.32 Å². The van der Waals surface area contributed by atoms with Crippen LogP contribution in [-0.4, -0.2) is 15.3 Å². The van der Waals surface area contributed by atoms with Gasteiger partial charge in [0, 0.05) is 9.26 Å². The van der Waals surface area contributed by atoms with E-state index in [1.165, 1.54) is 0 Å². The fourth-order valence-corrected chi connectivity index (χ4v) is 2.76. The fourth-order valence-electron chi connectivity index (χ4n) is 2.11. The Morgan fingerprint density at radius 1 is 1.12 bits per heavy atom. The van der Waals surface area contributed by atoms with Gasteiger partial charge in [-0.2, -0.15) is 0 Å².